The molecule has 2 N–H and O–H groups in total. The molecule has 0 bridgehead atoms. The first-order valence-electron chi connectivity index (χ1n) is 10.7. The molecule has 0 unspecified atom stereocenters. The average Bonchev–Trinajstić information content (AvgIpc) is 3.12. The first kappa shape index (κ1) is 21.5. The molecule has 2 heterocycles. The third-order valence-electron chi connectivity index (χ3n) is 5.52. The molecule has 0 atom stereocenters. The SMILES string of the molecule is NCCOCCOCCn1ccc2c(ccc3c2c2ccccc2n3CCCF)c1=O. The molecule has 2 aromatic heterocycles. The molecule has 2 aromatic carbocycles. The van der Waals surface area contributed by atoms with Crippen LogP contribution in [-0.4, -0.2) is 48.8 Å². The molecule has 0 spiro atoms. The van der Waals surface area contributed by atoms with Crippen LogP contribution in [0, 0.1) is 0 Å². The lowest BCUT2D eigenvalue weighted by Gasteiger charge is -2.10. The highest BCUT2D eigenvalue weighted by atomic mass is 19.1. The Morgan fingerprint density at radius 1 is 0.839 bits per heavy atom. The highest BCUT2D eigenvalue weighted by molar-refractivity contribution is 6.20. The van der Waals surface area contributed by atoms with Gasteiger partial charge in [-0.3, -0.25) is 9.18 Å². The summed E-state index contributed by atoms with van der Waals surface area (Å²) in [5.41, 5.74) is 7.43. The molecule has 0 aliphatic heterocycles. The normalized spacial score (nSPS) is 11.8. The van der Waals surface area contributed by atoms with Gasteiger partial charge in [-0.25, -0.2) is 0 Å². The molecule has 0 radical (unpaired) electrons. The van der Waals surface area contributed by atoms with Crippen LogP contribution < -0.4 is 11.3 Å². The summed E-state index contributed by atoms with van der Waals surface area (Å²) < 4.78 is 27.5. The Morgan fingerprint density at radius 3 is 2.45 bits per heavy atom. The van der Waals surface area contributed by atoms with Crippen LogP contribution in [0.15, 0.2) is 53.5 Å². The number of benzene rings is 2. The molecule has 31 heavy (non-hydrogen) atoms. The van der Waals surface area contributed by atoms with E-state index in [0.29, 0.717) is 57.9 Å². The van der Waals surface area contributed by atoms with Crippen molar-refractivity contribution in [3.63, 3.8) is 0 Å². The van der Waals surface area contributed by atoms with Gasteiger partial charge in [-0.2, -0.15) is 0 Å². The third kappa shape index (κ3) is 4.35. The summed E-state index contributed by atoms with van der Waals surface area (Å²) >= 11 is 0. The minimum Gasteiger partial charge on any atom is -0.378 e. The molecule has 0 fully saturated rings. The van der Waals surface area contributed by atoms with Gasteiger partial charge < -0.3 is 24.3 Å². The number of fused-ring (bicyclic) bond motifs is 5. The highest BCUT2D eigenvalue weighted by Gasteiger charge is 2.14. The summed E-state index contributed by atoms with van der Waals surface area (Å²) in [6.45, 7) is 3.14. The Hall–Kier alpha value is -2.74. The van der Waals surface area contributed by atoms with Gasteiger partial charge in [0, 0.05) is 53.0 Å². The van der Waals surface area contributed by atoms with E-state index < -0.39 is 0 Å². The van der Waals surface area contributed by atoms with Gasteiger partial charge in [-0.05, 0) is 36.1 Å². The Morgan fingerprint density at radius 2 is 1.65 bits per heavy atom. The summed E-state index contributed by atoms with van der Waals surface area (Å²) in [5.74, 6) is 0. The molecule has 4 aromatic rings. The number of alkyl halides is 1. The monoisotopic (exact) mass is 425 g/mol. The maximum atomic E-state index is 13.1. The van der Waals surface area contributed by atoms with E-state index in [1.165, 1.54) is 0 Å². The van der Waals surface area contributed by atoms with Gasteiger partial charge >= 0.3 is 0 Å². The zero-order valence-corrected chi connectivity index (χ0v) is 17.6. The van der Waals surface area contributed by atoms with Crippen LogP contribution in [-0.2, 0) is 22.6 Å². The number of aryl methyl sites for hydroxylation is 1. The van der Waals surface area contributed by atoms with Crippen molar-refractivity contribution in [3.05, 3.63) is 59.0 Å². The van der Waals surface area contributed by atoms with Gasteiger partial charge in [-0.15, -0.1) is 0 Å². The smallest absolute Gasteiger partial charge is 0.258 e. The number of nitrogens with zero attached hydrogens (tertiary/aromatic N) is 2. The lowest BCUT2D eigenvalue weighted by Crippen LogP contribution is -2.22. The number of hydrogen-bond acceptors (Lipinski definition) is 4. The molecule has 0 saturated carbocycles. The topological polar surface area (TPSA) is 71.4 Å². The summed E-state index contributed by atoms with van der Waals surface area (Å²) in [6, 6.07) is 14.0. The second-order valence-corrected chi connectivity index (χ2v) is 7.46. The third-order valence-corrected chi connectivity index (χ3v) is 5.52. The Balaban J connectivity index is 1.65. The van der Waals surface area contributed by atoms with Crippen molar-refractivity contribution < 1.29 is 13.9 Å². The first-order valence-corrected chi connectivity index (χ1v) is 10.7. The van der Waals surface area contributed by atoms with Gasteiger partial charge in [0.25, 0.3) is 5.56 Å². The molecule has 0 aliphatic carbocycles. The number of pyridine rings is 1. The lowest BCUT2D eigenvalue weighted by molar-refractivity contribution is 0.0475. The van der Waals surface area contributed by atoms with E-state index in [4.69, 9.17) is 15.2 Å². The van der Waals surface area contributed by atoms with Crippen LogP contribution in [0.1, 0.15) is 6.42 Å². The van der Waals surface area contributed by atoms with E-state index in [9.17, 15) is 9.18 Å². The number of aromatic nitrogens is 2. The van der Waals surface area contributed by atoms with Crippen LogP contribution in [0.4, 0.5) is 4.39 Å². The molecular weight excluding hydrogens is 397 g/mol. The van der Waals surface area contributed by atoms with E-state index in [0.717, 1.165) is 27.2 Å². The van der Waals surface area contributed by atoms with E-state index >= 15 is 0 Å². The van der Waals surface area contributed by atoms with E-state index in [2.05, 4.69) is 16.7 Å². The predicted molar refractivity (Wildman–Crippen MR) is 122 cm³/mol. The van der Waals surface area contributed by atoms with E-state index in [-0.39, 0.29) is 12.2 Å². The Labute approximate surface area is 180 Å². The molecular formula is C24H28FN3O3. The van der Waals surface area contributed by atoms with Crippen molar-refractivity contribution in [2.24, 2.45) is 5.73 Å². The van der Waals surface area contributed by atoms with Crippen LogP contribution in [0.2, 0.25) is 0 Å². The van der Waals surface area contributed by atoms with Crippen molar-refractivity contribution >= 4 is 32.6 Å². The molecule has 7 heteroatoms. The number of halogens is 1. The van der Waals surface area contributed by atoms with Crippen molar-refractivity contribution in [2.75, 3.05) is 39.6 Å². The lowest BCUT2D eigenvalue weighted by atomic mass is 10.1. The van der Waals surface area contributed by atoms with Gasteiger partial charge in [0.15, 0.2) is 0 Å². The van der Waals surface area contributed by atoms with Gasteiger partial charge in [-0.1, -0.05) is 18.2 Å². The van der Waals surface area contributed by atoms with Crippen LogP contribution >= 0.6 is 0 Å². The number of ether oxygens (including phenoxy) is 2. The average molecular weight is 426 g/mol. The Kier molecular flexibility index (Phi) is 6.96. The zero-order valence-electron chi connectivity index (χ0n) is 17.6. The summed E-state index contributed by atoms with van der Waals surface area (Å²) in [5, 5.41) is 3.73. The minimum atomic E-state index is -0.354. The molecule has 0 saturated heterocycles. The highest BCUT2D eigenvalue weighted by Crippen LogP contribution is 2.34. The van der Waals surface area contributed by atoms with E-state index in [1.807, 2.05) is 36.5 Å². The molecule has 4 rings (SSSR count). The van der Waals surface area contributed by atoms with Crippen molar-refractivity contribution in [2.45, 2.75) is 19.5 Å². The fourth-order valence-corrected chi connectivity index (χ4v) is 4.12. The molecule has 0 aliphatic rings. The fourth-order valence-electron chi connectivity index (χ4n) is 4.12. The zero-order chi connectivity index (χ0) is 21.6. The summed E-state index contributed by atoms with van der Waals surface area (Å²) in [6.07, 6.45) is 2.29. The quantitative estimate of drug-likeness (QED) is 0.374. The maximum absolute atomic E-state index is 13.1. The maximum Gasteiger partial charge on any atom is 0.258 e. The van der Waals surface area contributed by atoms with Crippen molar-refractivity contribution in [3.8, 4) is 0 Å². The van der Waals surface area contributed by atoms with Gasteiger partial charge in [0.1, 0.15) is 0 Å². The minimum absolute atomic E-state index is 0.0389. The van der Waals surface area contributed by atoms with Crippen molar-refractivity contribution in [1.29, 1.82) is 0 Å². The van der Waals surface area contributed by atoms with E-state index in [1.54, 1.807) is 4.57 Å². The van der Waals surface area contributed by atoms with Crippen LogP contribution in [0.25, 0.3) is 32.6 Å². The first-order chi connectivity index (χ1) is 15.3. The van der Waals surface area contributed by atoms with Gasteiger partial charge in [0.05, 0.1) is 33.1 Å². The number of rotatable bonds is 11. The number of hydrogen-bond donors (Lipinski definition) is 1. The number of para-hydroxylation sites is 1. The van der Waals surface area contributed by atoms with Crippen LogP contribution in [0.5, 0.6) is 0 Å². The van der Waals surface area contributed by atoms with Gasteiger partial charge in [0.2, 0.25) is 0 Å². The summed E-state index contributed by atoms with van der Waals surface area (Å²) in [4.78, 5) is 13.1. The standard InChI is InChI=1S/C24H28FN3O3/c25-9-3-11-28-21-5-2-1-4-20(21)23-18-8-12-27(13-15-31-17-16-30-14-10-26)24(29)19(18)6-7-22(23)28/h1-2,4-8,12H,3,9-11,13-17,26H2. The Bertz CT molecular complexity index is 1230. The second kappa shape index (κ2) is 10.0. The molecule has 6 nitrogen and oxygen atoms in total. The fraction of sp³-hybridized carbons (Fsp3) is 0.375. The molecule has 164 valence electrons. The largest absolute Gasteiger partial charge is 0.378 e. The number of nitrogens with two attached hydrogens (primary N) is 1. The van der Waals surface area contributed by atoms with Crippen LogP contribution in [0.3, 0.4) is 0 Å². The second-order valence-electron chi connectivity index (χ2n) is 7.46. The predicted octanol–water partition coefficient (Wildman–Crippen LogP) is 3.46. The molecule has 0 amide bonds. The van der Waals surface area contributed by atoms with Crippen molar-refractivity contribution in [1.82, 2.24) is 9.13 Å². The summed E-state index contributed by atoms with van der Waals surface area (Å²) in [7, 11) is 0.